The molecule has 3 aromatic rings. The van der Waals surface area contributed by atoms with E-state index in [0.717, 1.165) is 16.5 Å². The van der Waals surface area contributed by atoms with Crippen molar-refractivity contribution in [1.29, 1.82) is 5.41 Å². The van der Waals surface area contributed by atoms with E-state index in [-0.39, 0.29) is 82.1 Å². The van der Waals surface area contributed by atoms with Crippen molar-refractivity contribution in [1.82, 2.24) is 41.8 Å². The number of H-pyrrole nitrogens is 1. The fourth-order valence-corrected chi connectivity index (χ4v) is 7.90. The summed E-state index contributed by atoms with van der Waals surface area (Å²) in [6, 6.07) is 10.7. The average Bonchev–Trinajstić information content (AvgIpc) is 3.85. The third kappa shape index (κ3) is 13.3. The molecule has 334 valence electrons. The largest absolute Gasteiger partial charge is 0.391 e. The van der Waals surface area contributed by atoms with Crippen LogP contribution in [0.15, 0.2) is 60.8 Å². The molecule has 0 aliphatic carbocycles. The quantitative estimate of drug-likeness (QED) is 0.0805. The van der Waals surface area contributed by atoms with Crippen LogP contribution in [-0.2, 0) is 46.4 Å². The van der Waals surface area contributed by atoms with Crippen LogP contribution in [0.2, 0.25) is 0 Å². The van der Waals surface area contributed by atoms with Gasteiger partial charge in [-0.1, -0.05) is 55.5 Å². The van der Waals surface area contributed by atoms with Gasteiger partial charge in [0.25, 0.3) is 0 Å². The number of ketones is 1. The van der Waals surface area contributed by atoms with Crippen LogP contribution in [0.4, 0.5) is 0 Å². The van der Waals surface area contributed by atoms with Gasteiger partial charge in [-0.05, 0) is 62.6 Å². The first-order chi connectivity index (χ1) is 29.7. The molecule has 2 fully saturated rings. The number of amides is 6. The first kappa shape index (κ1) is 46.8. The van der Waals surface area contributed by atoms with Crippen LogP contribution in [0.3, 0.4) is 0 Å². The minimum atomic E-state index is -1.25. The fourth-order valence-electron chi connectivity index (χ4n) is 7.90. The summed E-state index contributed by atoms with van der Waals surface area (Å²) in [7, 11) is 0. The molecule has 0 spiro atoms. The summed E-state index contributed by atoms with van der Waals surface area (Å²) in [5, 5.41) is 35.8. The number of para-hydroxylation sites is 1. The van der Waals surface area contributed by atoms with Gasteiger partial charge < -0.3 is 52.6 Å². The summed E-state index contributed by atoms with van der Waals surface area (Å²) in [5.41, 5.74) is 7.72. The fraction of sp³-hybridized carbons (Fsp3) is 0.500. The number of nitrogens with zero attached hydrogens (tertiary/aromatic N) is 1. The summed E-state index contributed by atoms with van der Waals surface area (Å²) in [5.74, 6) is -4.63. The monoisotopic (exact) mass is 856 g/mol. The van der Waals surface area contributed by atoms with Crippen LogP contribution in [0, 0.1) is 11.3 Å². The van der Waals surface area contributed by atoms with E-state index < -0.39 is 71.8 Å². The molecule has 6 amide bonds. The second kappa shape index (κ2) is 22.5. The molecule has 62 heavy (non-hydrogen) atoms. The van der Waals surface area contributed by atoms with Crippen molar-refractivity contribution in [3.05, 3.63) is 71.9 Å². The van der Waals surface area contributed by atoms with Crippen LogP contribution < -0.4 is 37.6 Å². The number of hydrogen-bond donors (Lipinski definition) is 10. The molecule has 11 N–H and O–H groups in total. The van der Waals surface area contributed by atoms with Gasteiger partial charge in [0.05, 0.1) is 12.1 Å². The molecule has 18 heteroatoms. The Labute approximate surface area is 360 Å². The van der Waals surface area contributed by atoms with Crippen molar-refractivity contribution < 1.29 is 38.7 Å². The Bertz CT molecular complexity index is 2080. The van der Waals surface area contributed by atoms with E-state index in [4.69, 9.17) is 11.1 Å². The van der Waals surface area contributed by atoms with Crippen LogP contribution in [-0.4, -0.2) is 118 Å². The Kier molecular flexibility index (Phi) is 17.0. The van der Waals surface area contributed by atoms with Crippen molar-refractivity contribution in [2.24, 2.45) is 11.7 Å². The topological polar surface area (TPSA) is 281 Å². The van der Waals surface area contributed by atoms with Gasteiger partial charge in [0.15, 0.2) is 11.7 Å². The first-order valence-electron chi connectivity index (χ1n) is 21.3. The molecule has 2 aliphatic heterocycles. The highest BCUT2D eigenvalue weighted by atomic mass is 16.3. The second-order valence-electron chi connectivity index (χ2n) is 16.3. The second-order valence-corrected chi connectivity index (χ2v) is 16.3. The van der Waals surface area contributed by atoms with Gasteiger partial charge in [-0.2, -0.15) is 0 Å². The van der Waals surface area contributed by atoms with E-state index in [9.17, 15) is 38.7 Å². The summed E-state index contributed by atoms with van der Waals surface area (Å²) >= 11 is 0. The molecule has 0 bridgehead atoms. The number of fused-ring (bicyclic) bond motifs is 2. The van der Waals surface area contributed by atoms with E-state index in [0.29, 0.717) is 24.9 Å². The number of rotatable bonds is 9. The lowest BCUT2D eigenvalue weighted by atomic mass is 10.0. The molecule has 2 saturated heterocycles. The van der Waals surface area contributed by atoms with Gasteiger partial charge in [-0.15, -0.1) is 0 Å². The van der Waals surface area contributed by atoms with E-state index in [1.165, 1.54) is 11.8 Å². The summed E-state index contributed by atoms with van der Waals surface area (Å²) < 4.78 is 0. The lowest BCUT2D eigenvalue weighted by molar-refractivity contribution is -0.142. The van der Waals surface area contributed by atoms with Gasteiger partial charge in [-0.25, -0.2) is 0 Å². The molecule has 18 nitrogen and oxygen atoms in total. The van der Waals surface area contributed by atoms with E-state index in [1.807, 2.05) is 24.3 Å². The SMILES string of the molecule is CC(=O)[C@@H]1CCCCNC(=O)CC[C@H](C)C(=O)N2C[C@H](O)C[C@H]2C(=O)N[C@H](Cc2ccccc2)C(=O)N[C@@H](CCCNC(=N)N)C(=O)N[C@@H](Cc2c[nH]c3ccccc23)C(=O)N1. The maximum atomic E-state index is 14.4. The maximum Gasteiger partial charge on any atom is 0.243 e. The number of guanidine groups is 1. The molecule has 7 atom stereocenters. The van der Waals surface area contributed by atoms with Crippen LogP contribution in [0.25, 0.3) is 10.9 Å². The van der Waals surface area contributed by atoms with E-state index in [1.54, 1.807) is 43.5 Å². The zero-order valence-electron chi connectivity index (χ0n) is 35.3. The number of Topliss-reactive ketones (excluding diaryl/α,β-unsaturated/α-hetero) is 1. The van der Waals surface area contributed by atoms with Crippen molar-refractivity contribution in [2.45, 2.75) is 114 Å². The van der Waals surface area contributed by atoms with Crippen molar-refractivity contribution in [3.8, 4) is 0 Å². The third-order valence-corrected chi connectivity index (χ3v) is 11.4. The molecular weight excluding hydrogens is 797 g/mol. The van der Waals surface area contributed by atoms with Crippen molar-refractivity contribution >= 4 is 58.1 Å². The highest BCUT2D eigenvalue weighted by Crippen LogP contribution is 2.24. The van der Waals surface area contributed by atoms with Crippen LogP contribution in [0.5, 0.6) is 0 Å². The maximum absolute atomic E-state index is 14.4. The van der Waals surface area contributed by atoms with Gasteiger partial charge in [0.2, 0.25) is 35.4 Å². The summed E-state index contributed by atoms with van der Waals surface area (Å²) in [4.78, 5) is 101. The lowest BCUT2D eigenvalue weighted by Crippen LogP contribution is -2.59. The normalized spacial score (nSPS) is 25.3. The number of carbonyl (C=O) groups is 7. The minimum absolute atomic E-state index is 0.00537. The number of aliphatic hydroxyl groups is 1. The predicted octanol–water partition coefficient (Wildman–Crippen LogP) is 0.423. The third-order valence-electron chi connectivity index (χ3n) is 11.4. The molecule has 5 rings (SSSR count). The molecule has 0 saturated carbocycles. The number of hydrogen-bond acceptors (Lipinski definition) is 9. The van der Waals surface area contributed by atoms with Crippen molar-refractivity contribution in [2.75, 3.05) is 19.6 Å². The standard InChI is InChI=1S/C44H60N10O8/c1-26-17-18-38(57)47-19-9-8-14-32(27(2)55)50-41(60)36(22-29-24-49-33-15-7-6-13-31(29)33)52-39(58)34(16-10-20-48-44(45)46)51-40(59)35(21-28-11-4-3-5-12-28)53-42(61)37-23-30(56)25-54(37)43(26)62/h3-7,11-13,15,24,26,30,32,34-37,49,56H,8-10,14,16-23,25H2,1-2H3,(H,47,57)(H,50,60)(H,51,59)(H,52,58)(H,53,61)(H4,45,46,48)/t26-,30+,32-,34-,35+,36-,37-/m0/s1. The lowest BCUT2D eigenvalue weighted by Gasteiger charge is -2.29. The molecule has 2 aliphatic rings. The Morgan fingerprint density at radius 1 is 0.855 bits per heavy atom. The minimum Gasteiger partial charge on any atom is -0.391 e. The Balaban J connectivity index is 1.49. The van der Waals surface area contributed by atoms with Gasteiger partial charge in [0, 0.05) is 68.3 Å². The summed E-state index contributed by atoms with van der Waals surface area (Å²) in [6.07, 6.45) is 2.49. The average molecular weight is 857 g/mol. The summed E-state index contributed by atoms with van der Waals surface area (Å²) in [6.45, 7) is 3.42. The van der Waals surface area contributed by atoms with E-state index in [2.05, 4.69) is 36.9 Å². The van der Waals surface area contributed by atoms with Crippen molar-refractivity contribution in [3.63, 3.8) is 0 Å². The van der Waals surface area contributed by atoms with E-state index >= 15 is 0 Å². The Hall–Kier alpha value is -6.30. The molecule has 3 heterocycles. The zero-order chi connectivity index (χ0) is 44.8. The number of carbonyl (C=O) groups excluding carboxylic acids is 7. The number of aromatic amines is 1. The Morgan fingerprint density at radius 2 is 1.52 bits per heavy atom. The number of nitrogens with one attached hydrogen (secondary N) is 8. The zero-order valence-corrected chi connectivity index (χ0v) is 35.3. The smallest absolute Gasteiger partial charge is 0.243 e. The van der Waals surface area contributed by atoms with Crippen LogP contribution >= 0.6 is 0 Å². The molecule has 2 aromatic carbocycles. The molecular formula is C44H60N10O8. The molecule has 1 aromatic heterocycles. The number of nitrogens with two attached hydrogens (primary N) is 1. The number of aromatic nitrogens is 1. The van der Waals surface area contributed by atoms with Gasteiger partial charge in [-0.3, -0.25) is 39.0 Å². The molecule has 0 unspecified atom stereocenters. The van der Waals surface area contributed by atoms with Crippen LogP contribution in [0.1, 0.15) is 76.3 Å². The first-order valence-corrected chi connectivity index (χ1v) is 21.3. The van der Waals surface area contributed by atoms with Gasteiger partial charge in [0.1, 0.15) is 24.2 Å². The number of aliphatic hydroxyl groups excluding tert-OH is 1. The van der Waals surface area contributed by atoms with Gasteiger partial charge >= 0.3 is 0 Å². The predicted molar refractivity (Wildman–Crippen MR) is 231 cm³/mol. The number of benzene rings is 2. The molecule has 0 radical (unpaired) electrons. The highest BCUT2D eigenvalue weighted by Gasteiger charge is 2.41. The highest BCUT2D eigenvalue weighted by molar-refractivity contribution is 5.97. The Morgan fingerprint density at radius 3 is 2.26 bits per heavy atom.